The van der Waals surface area contributed by atoms with Gasteiger partial charge in [-0.05, 0) is 29.9 Å². The molecule has 1 aromatic heterocycles. The van der Waals surface area contributed by atoms with Gasteiger partial charge < -0.3 is 4.57 Å². The van der Waals surface area contributed by atoms with Crippen molar-refractivity contribution in [2.24, 2.45) is 5.41 Å². The molecule has 0 saturated carbocycles. The Balaban J connectivity index is 1.68. The molecule has 37 heavy (non-hydrogen) atoms. The van der Waals surface area contributed by atoms with Crippen LogP contribution in [-0.2, 0) is 13.0 Å². The second-order valence-electron chi connectivity index (χ2n) is 11.2. The SMILES string of the molecule is Cc1ccc(-c2c(C3C(=O)c4ccccc4C3=O)c3c(n2Cc2ccccc2)CC(C)(C)CC3=O)cc1. The molecule has 2 aliphatic carbocycles. The number of hydrogen-bond acceptors (Lipinski definition) is 3. The van der Waals surface area contributed by atoms with Crippen LogP contribution in [-0.4, -0.2) is 21.9 Å². The lowest BCUT2D eigenvalue weighted by molar-refractivity contribution is 0.0888. The zero-order valence-corrected chi connectivity index (χ0v) is 21.4. The van der Waals surface area contributed by atoms with Gasteiger partial charge in [-0.15, -0.1) is 0 Å². The van der Waals surface area contributed by atoms with Crippen molar-refractivity contribution in [1.82, 2.24) is 4.57 Å². The maximum Gasteiger partial charge on any atom is 0.178 e. The molecule has 0 bridgehead atoms. The number of carbonyl (C=O) groups is 3. The summed E-state index contributed by atoms with van der Waals surface area (Å²) in [5.41, 5.74) is 6.69. The number of Topliss-reactive ketones (excluding diaryl/α,β-unsaturated/α-hetero) is 3. The molecule has 4 aromatic rings. The highest BCUT2D eigenvalue weighted by atomic mass is 16.2. The van der Waals surface area contributed by atoms with E-state index < -0.39 is 5.92 Å². The number of benzene rings is 3. The van der Waals surface area contributed by atoms with Crippen molar-refractivity contribution in [2.45, 2.75) is 46.1 Å². The number of hydrogen-bond donors (Lipinski definition) is 0. The third kappa shape index (κ3) is 3.79. The fourth-order valence-electron chi connectivity index (χ4n) is 6.07. The molecule has 0 atom stereocenters. The van der Waals surface area contributed by atoms with Gasteiger partial charge in [0.15, 0.2) is 17.3 Å². The number of ketones is 3. The molecule has 0 spiro atoms. The van der Waals surface area contributed by atoms with Crippen LogP contribution in [0.3, 0.4) is 0 Å². The molecule has 4 heteroatoms. The first-order chi connectivity index (χ1) is 17.7. The normalized spacial score (nSPS) is 16.7. The lowest BCUT2D eigenvalue weighted by Gasteiger charge is -2.30. The molecule has 3 aromatic carbocycles. The summed E-state index contributed by atoms with van der Waals surface area (Å²) in [5, 5.41) is 0. The average molecular weight is 488 g/mol. The monoisotopic (exact) mass is 487 g/mol. The van der Waals surface area contributed by atoms with Gasteiger partial charge >= 0.3 is 0 Å². The minimum atomic E-state index is -1.01. The largest absolute Gasteiger partial charge is 0.339 e. The molecule has 0 fully saturated rings. The van der Waals surface area contributed by atoms with E-state index in [1.165, 1.54) is 0 Å². The van der Waals surface area contributed by atoms with Gasteiger partial charge in [0.1, 0.15) is 5.92 Å². The summed E-state index contributed by atoms with van der Waals surface area (Å²) in [7, 11) is 0. The molecule has 0 radical (unpaired) electrons. The number of rotatable bonds is 4. The van der Waals surface area contributed by atoms with Crippen LogP contribution in [0.4, 0.5) is 0 Å². The van der Waals surface area contributed by atoms with Gasteiger partial charge in [-0.2, -0.15) is 0 Å². The van der Waals surface area contributed by atoms with Gasteiger partial charge in [0.05, 0.1) is 5.69 Å². The van der Waals surface area contributed by atoms with Crippen LogP contribution in [0, 0.1) is 12.3 Å². The van der Waals surface area contributed by atoms with E-state index in [0.717, 1.165) is 28.1 Å². The summed E-state index contributed by atoms with van der Waals surface area (Å²) in [6, 6.07) is 25.3. The highest BCUT2D eigenvalue weighted by Gasteiger charge is 2.47. The minimum Gasteiger partial charge on any atom is -0.339 e. The first-order valence-corrected chi connectivity index (χ1v) is 12.8. The Morgan fingerprint density at radius 1 is 0.784 bits per heavy atom. The fraction of sp³-hybridized carbons (Fsp3) is 0.242. The fourth-order valence-corrected chi connectivity index (χ4v) is 6.07. The van der Waals surface area contributed by atoms with Gasteiger partial charge in [-0.3, -0.25) is 14.4 Å². The molecule has 2 aliphatic rings. The lowest BCUT2D eigenvalue weighted by Crippen LogP contribution is -2.29. The average Bonchev–Trinajstić information content (AvgIpc) is 3.30. The Bertz CT molecular complexity index is 1540. The van der Waals surface area contributed by atoms with Crippen molar-refractivity contribution in [2.75, 3.05) is 0 Å². The Morgan fingerprint density at radius 2 is 1.38 bits per heavy atom. The lowest BCUT2D eigenvalue weighted by atomic mass is 9.74. The molecule has 0 amide bonds. The summed E-state index contributed by atoms with van der Waals surface area (Å²) in [6.07, 6.45) is 1.08. The van der Waals surface area contributed by atoms with Gasteiger partial charge in [-0.25, -0.2) is 0 Å². The van der Waals surface area contributed by atoms with Crippen molar-refractivity contribution in [1.29, 1.82) is 0 Å². The van der Waals surface area contributed by atoms with E-state index in [0.29, 0.717) is 41.6 Å². The van der Waals surface area contributed by atoms with Crippen molar-refractivity contribution < 1.29 is 14.4 Å². The Labute approximate surface area is 217 Å². The van der Waals surface area contributed by atoms with Gasteiger partial charge in [0, 0.05) is 40.9 Å². The topological polar surface area (TPSA) is 56.1 Å². The summed E-state index contributed by atoms with van der Waals surface area (Å²) < 4.78 is 2.20. The Kier molecular flexibility index (Phi) is 5.38. The van der Waals surface area contributed by atoms with Crippen molar-refractivity contribution in [3.05, 3.63) is 118 Å². The molecular weight excluding hydrogens is 458 g/mol. The number of aryl methyl sites for hydroxylation is 1. The zero-order valence-electron chi connectivity index (χ0n) is 21.4. The van der Waals surface area contributed by atoms with E-state index in [1.54, 1.807) is 24.3 Å². The van der Waals surface area contributed by atoms with Crippen LogP contribution in [0.1, 0.15) is 79.6 Å². The quantitative estimate of drug-likeness (QED) is 0.297. The van der Waals surface area contributed by atoms with Crippen molar-refractivity contribution in [3.8, 4) is 11.3 Å². The van der Waals surface area contributed by atoms with E-state index in [1.807, 2.05) is 49.4 Å². The van der Waals surface area contributed by atoms with E-state index in [4.69, 9.17) is 0 Å². The van der Waals surface area contributed by atoms with Crippen LogP contribution < -0.4 is 0 Å². The highest BCUT2D eigenvalue weighted by Crippen LogP contribution is 2.47. The van der Waals surface area contributed by atoms with Gasteiger partial charge in [0.2, 0.25) is 0 Å². The Hall–Kier alpha value is -4.05. The number of fused-ring (bicyclic) bond motifs is 2. The molecule has 6 rings (SSSR count). The van der Waals surface area contributed by atoms with Crippen LogP contribution in [0.25, 0.3) is 11.3 Å². The summed E-state index contributed by atoms with van der Waals surface area (Å²) in [6.45, 7) is 6.81. The van der Waals surface area contributed by atoms with E-state index in [9.17, 15) is 14.4 Å². The minimum absolute atomic E-state index is 0.0120. The molecule has 0 aliphatic heterocycles. The molecule has 0 unspecified atom stereocenters. The summed E-state index contributed by atoms with van der Waals surface area (Å²) in [4.78, 5) is 41.4. The third-order valence-electron chi connectivity index (χ3n) is 7.75. The van der Waals surface area contributed by atoms with Crippen LogP contribution >= 0.6 is 0 Å². The molecule has 0 saturated heterocycles. The first kappa shape index (κ1) is 23.4. The number of nitrogens with zero attached hydrogens (tertiary/aromatic N) is 1. The van der Waals surface area contributed by atoms with Crippen molar-refractivity contribution in [3.63, 3.8) is 0 Å². The van der Waals surface area contributed by atoms with Crippen LogP contribution in [0.15, 0.2) is 78.9 Å². The van der Waals surface area contributed by atoms with Crippen LogP contribution in [0.2, 0.25) is 0 Å². The number of aromatic nitrogens is 1. The molecule has 1 heterocycles. The zero-order chi connectivity index (χ0) is 25.9. The Morgan fingerprint density at radius 3 is 2.00 bits per heavy atom. The second kappa shape index (κ2) is 8.52. The summed E-state index contributed by atoms with van der Waals surface area (Å²) >= 11 is 0. The third-order valence-corrected chi connectivity index (χ3v) is 7.75. The predicted octanol–water partition coefficient (Wildman–Crippen LogP) is 6.83. The molecule has 0 N–H and O–H groups in total. The number of carbonyl (C=O) groups excluding carboxylic acids is 3. The predicted molar refractivity (Wildman–Crippen MR) is 144 cm³/mol. The van der Waals surface area contributed by atoms with Crippen LogP contribution in [0.5, 0.6) is 0 Å². The van der Waals surface area contributed by atoms with E-state index in [2.05, 4.69) is 30.5 Å². The molecule has 4 nitrogen and oxygen atoms in total. The smallest absolute Gasteiger partial charge is 0.178 e. The molecular formula is C33H29NO3. The van der Waals surface area contributed by atoms with Crippen molar-refractivity contribution >= 4 is 17.3 Å². The molecule has 184 valence electrons. The van der Waals surface area contributed by atoms with Gasteiger partial charge in [-0.1, -0.05) is 98.3 Å². The second-order valence-corrected chi connectivity index (χ2v) is 11.2. The maximum absolute atomic E-state index is 13.8. The maximum atomic E-state index is 13.8. The standard InChI is InChI=1S/C33H29NO3/c1-20-13-15-22(16-14-20)30-28(29-31(36)23-11-7-8-12-24(23)32(29)37)27-25(17-33(2,3)18-26(27)35)34(30)19-21-9-5-4-6-10-21/h4-16,29H,17-19H2,1-3H3. The highest BCUT2D eigenvalue weighted by molar-refractivity contribution is 6.31. The van der Waals surface area contributed by atoms with E-state index >= 15 is 0 Å². The van der Waals surface area contributed by atoms with E-state index in [-0.39, 0.29) is 22.8 Å². The first-order valence-electron chi connectivity index (χ1n) is 12.8. The summed E-state index contributed by atoms with van der Waals surface area (Å²) in [5.74, 6) is -1.43. The van der Waals surface area contributed by atoms with Gasteiger partial charge in [0.25, 0.3) is 0 Å².